The third-order valence-electron chi connectivity index (χ3n) is 5.15. The minimum Gasteiger partial charge on any atom is -0.447 e. The molecule has 0 aliphatic carbocycles. The molecule has 0 spiro atoms. The Labute approximate surface area is 140 Å². The molecule has 0 unspecified atom stereocenters. The van der Waals surface area contributed by atoms with E-state index in [0.717, 1.165) is 17.5 Å². The first-order valence-electron chi connectivity index (χ1n) is 8.48. The van der Waals surface area contributed by atoms with Crippen molar-refractivity contribution in [3.05, 3.63) is 35.6 Å². The van der Waals surface area contributed by atoms with Gasteiger partial charge < -0.3 is 9.52 Å². The first kappa shape index (κ1) is 15.4. The first-order valence-corrected chi connectivity index (χ1v) is 8.48. The number of nitrogens with two attached hydrogens (primary N) is 1. The zero-order chi connectivity index (χ0) is 16.5. The topological polar surface area (TPSA) is 70.3 Å². The summed E-state index contributed by atoms with van der Waals surface area (Å²) in [4.78, 5) is 15.0. The Bertz CT molecular complexity index is 822. The van der Waals surface area contributed by atoms with Gasteiger partial charge >= 0.3 is 5.91 Å². The van der Waals surface area contributed by atoms with Crippen LogP contribution in [-0.2, 0) is 0 Å². The lowest BCUT2D eigenvalue weighted by Gasteiger charge is -2.42. The van der Waals surface area contributed by atoms with E-state index in [1.807, 2.05) is 23.5 Å². The molecule has 24 heavy (non-hydrogen) atoms. The number of benzene rings is 1. The van der Waals surface area contributed by atoms with Crippen LogP contribution < -0.4 is 5.32 Å². The number of aliphatic hydroxyl groups excluding tert-OH is 1. The minimum atomic E-state index is -0.172. The number of nitrogens with zero attached hydrogens (tertiary/aromatic N) is 1. The first-order chi connectivity index (χ1) is 11.7. The lowest BCUT2D eigenvalue weighted by Crippen LogP contribution is -2.97. The molecular formula is C19H21N2O3+. The van der Waals surface area contributed by atoms with Crippen molar-refractivity contribution in [3.63, 3.8) is 0 Å². The monoisotopic (exact) mass is 325 g/mol. The van der Waals surface area contributed by atoms with E-state index in [2.05, 4.69) is 16.7 Å². The number of amides is 1. The van der Waals surface area contributed by atoms with Crippen LogP contribution in [0.2, 0.25) is 0 Å². The maximum atomic E-state index is 12.6. The van der Waals surface area contributed by atoms with E-state index < -0.39 is 0 Å². The maximum absolute atomic E-state index is 12.6. The van der Waals surface area contributed by atoms with Gasteiger partial charge in [-0.2, -0.15) is 0 Å². The third kappa shape index (κ3) is 2.96. The number of fused-ring (bicyclic) bond motifs is 4. The van der Waals surface area contributed by atoms with Gasteiger partial charge in [0, 0.05) is 22.9 Å². The molecule has 0 radical (unpaired) electrons. The third-order valence-corrected chi connectivity index (χ3v) is 5.15. The van der Waals surface area contributed by atoms with Crippen molar-refractivity contribution in [3.8, 4) is 11.8 Å². The van der Waals surface area contributed by atoms with Crippen LogP contribution in [-0.4, -0.2) is 48.2 Å². The van der Waals surface area contributed by atoms with Gasteiger partial charge in [0.1, 0.15) is 18.2 Å². The summed E-state index contributed by atoms with van der Waals surface area (Å²) in [5.41, 5.74) is 1.43. The summed E-state index contributed by atoms with van der Waals surface area (Å²) in [6.07, 6.45) is 2.39. The standard InChI is InChI=1S/C19H20N2O3/c22-9-1-2-13-3-4-15-11-18(24-17(15)10-13)19(23)20-16-12-21-7-5-14(16)6-8-21/h3-4,10-11,14,16,22H,5-9,12H2,(H,20,23)/p+1/t16-/m0/s1. The number of hydrogen-bond donors (Lipinski definition) is 2. The predicted octanol–water partition coefficient (Wildman–Crippen LogP) is 0.574. The number of carbonyl (C=O) groups excluding carboxylic acids is 1. The highest BCUT2D eigenvalue weighted by atomic mass is 16.3. The summed E-state index contributed by atoms with van der Waals surface area (Å²) in [5.74, 6) is 6.48. The van der Waals surface area contributed by atoms with Gasteiger partial charge in [0.25, 0.3) is 0 Å². The molecule has 3 saturated heterocycles. The molecule has 1 atom stereocenters. The summed E-state index contributed by atoms with van der Waals surface area (Å²) in [5, 5.41) is 11.5. The molecule has 5 heteroatoms. The van der Waals surface area contributed by atoms with E-state index >= 15 is 0 Å². The van der Waals surface area contributed by atoms with Gasteiger partial charge in [-0.25, -0.2) is 4.79 Å². The zero-order valence-electron chi connectivity index (χ0n) is 13.5. The Morgan fingerprint density at radius 3 is 2.88 bits per heavy atom. The number of quaternary nitrogens is 1. The van der Waals surface area contributed by atoms with Gasteiger partial charge in [-0.1, -0.05) is 11.8 Å². The van der Waals surface area contributed by atoms with E-state index in [0.29, 0.717) is 23.3 Å². The van der Waals surface area contributed by atoms with Crippen LogP contribution in [0, 0.1) is 17.8 Å². The lowest BCUT2D eigenvalue weighted by molar-refractivity contribution is -0.609. The van der Waals surface area contributed by atoms with E-state index in [1.165, 1.54) is 25.9 Å². The van der Waals surface area contributed by atoms with Crippen molar-refractivity contribution in [1.82, 2.24) is 4.90 Å². The van der Waals surface area contributed by atoms with Crippen molar-refractivity contribution in [2.24, 2.45) is 5.92 Å². The van der Waals surface area contributed by atoms with Gasteiger partial charge in [0.2, 0.25) is 5.76 Å². The number of rotatable bonds is 2. The molecule has 5 rings (SSSR count). The highest BCUT2D eigenvalue weighted by Crippen LogP contribution is 2.26. The highest BCUT2D eigenvalue weighted by molar-refractivity contribution is 5.91. The lowest BCUT2D eigenvalue weighted by atomic mass is 9.84. The summed E-state index contributed by atoms with van der Waals surface area (Å²) in [7, 11) is 0. The second-order valence-corrected chi connectivity index (χ2v) is 6.66. The normalized spacial score (nSPS) is 25.5. The van der Waals surface area contributed by atoms with Crippen LogP contribution in [0.1, 0.15) is 29.0 Å². The fraction of sp³-hybridized carbons (Fsp3) is 0.421. The van der Waals surface area contributed by atoms with Crippen molar-refractivity contribution in [2.45, 2.75) is 18.9 Å². The van der Waals surface area contributed by atoms with Gasteiger partial charge in [-0.15, -0.1) is 0 Å². The molecule has 2 aromatic rings. The molecule has 3 N–H and O–H groups in total. The Morgan fingerprint density at radius 1 is 1.33 bits per heavy atom. The Kier molecular flexibility index (Phi) is 4.11. The van der Waals surface area contributed by atoms with Gasteiger partial charge in [0.05, 0.1) is 6.54 Å². The summed E-state index contributed by atoms with van der Waals surface area (Å²) in [6, 6.07) is 7.72. The van der Waals surface area contributed by atoms with Crippen LogP contribution in [0.5, 0.6) is 0 Å². The summed E-state index contributed by atoms with van der Waals surface area (Å²) >= 11 is 0. The van der Waals surface area contributed by atoms with Crippen molar-refractivity contribution in [2.75, 3.05) is 26.2 Å². The molecule has 3 fully saturated rings. The van der Waals surface area contributed by atoms with Crippen molar-refractivity contribution < 1.29 is 19.6 Å². The van der Waals surface area contributed by atoms with E-state index in [4.69, 9.17) is 9.52 Å². The number of piperidine rings is 3. The molecule has 4 heterocycles. The highest BCUT2D eigenvalue weighted by Gasteiger charge is 2.38. The van der Waals surface area contributed by atoms with E-state index in [9.17, 15) is 4.79 Å². The van der Waals surface area contributed by atoms with Crippen LogP contribution >= 0.6 is 0 Å². The van der Waals surface area contributed by atoms with Gasteiger partial charge in [-0.3, -0.25) is 10.2 Å². The molecular weight excluding hydrogens is 304 g/mol. The molecule has 0 saturated carbocycles. The zero-order valence-corrected chi connectivity index (χ0v) is 13.5. The molecule has 3 aliphatic rings. The molecule has 2 bridgehead atoms. The quantitative estimate of drug-likeness (QED) is 0.792. The van der Waals surface area contributed by atoms with Crippen molar-refractivity contribution in [1.29, 1.82) is 0 Å². The molecule has 5 nitrogen and oxygen atoms in total. The van der Waals surface area contributed by atoms with Crippen LogP contribution in [0.4, 0.5) is 0 Å². The molecule has 1 aromatic carbocycles. The minimum absolute atomic E-state index is 0.0204. The number of furan rings is 1. The molecule has 1 aromatic heterocycles. The fourth-order valence-electron chi connectivity index (χ4n) is 3.85. The summed E-state index contributed by atoms with van der Waals surface area (Å²) in [6.45, 7) is 3.17. The SMILES string of the molecule is O=C([NH2+][C@H]1CN2CCC1CC2)c1cc2ccc(C#CCO)cc2o1. The number of primary amides is 1. The largest absolute Gasteiger partial charge is 0.447 e. The molecule has 124 valence electrons. The second kappa shape index (κ2) is 6.40. The maximum Gasteiger partial charge on any atom is 0.378 e. The molecule has 3 aliphatic heterocycles. The predicted molar refractivity (Wildman–Crippen MR) is 89.4 cm³/mol. The average Bonchev–Trinajstić information content (AvgIpc) is 3.04. The Morgan fingerprint density at radius 2 is 2.17 bits per heavy atom. The van der Waals surface area contributed by atoms with Crippen LogP contribution in [0.3, 0.4) is 0 Å². The average molecular weight is 325 g/mol. The smallest absolute Gasteiger partial charge is 0.378 e. The second-order valence-electron chi connectivity index (χ2n) is 6.66. The van der Waals surface area contributed by atoms with Crippen molar-refractivity contribution >= 4 is 16.9 Å². The summed E-state index contributed by atoms with van der Waals surface area (Å²) < 4.78 is 5.75. The van der Waals surface area contributed by atoms with Gasteiger partial charge in [-0.05, 0) is 44.1 Å². The Hall–Kier alpha value is -2.13. The number of aliphatic hydroxyl groups is 1. The fourth-order valence-corrected chi connectivity index (χ4v) is 3.85. The van der Waals surface area contributed by atoms with Gasteiger partial charge in [0.15, 0.2) is 0 Å². The van der Waals surface area contributed by atoms with E-state index in [-0.39, 0.29) is 12.5 Å². The molecule has 1 amide bonds. The number of carbonyl (C=O) groups is 1. The Balaban J connectivity index is 1.52. The number of hydrogen-bond acceptors (Lipinski definition) is 4. The van der Waals surface area contributed by atoms with Crippen LogP contribution in [0.15, 0.2) is 28.7 Å². The van der Waals surface area contributed by atoms with Crippen LogP contribution in [0.25, 0.3) is 11.0 Å². The van der Waals surface area contributed by atoms with E-state index in [1.54, 1.807) is 6.07 Å².